The number of fused-ring (bicyclic) bond motifs is 1. The molecule has 1 saturated heterocycles. The van der Waals surface area contributed by atoms with E-state index in [9.17, 15) is 4.79 Å². The van der Waals surface area contributed by atoms with Gasteiger partial charge in [-0.25, -0.2) is 0 Å². The van der Waals surface area contributed by atoms with E-state index in [0.717, 1.165) is 32.5 Å². The number of hydrogen-bond acceptors (Lipinski definition) is 3. The Morgan fingerprint density at radius 2 is 1.93 bits per heavy atom. The van der Waals surface area contributed by atoms with Gasteiger partial charge in [0.05, 0.1) is 0 Å². The molecule has 0 saturated carbocycles. The van der Waals surface area contributed by atoms with Gasteiger partial charge in [0.1, 0.15) is 0 Å². The first-order valence-corrected chi connectivity index (χ1v) is 10.5. The van der Waals surface area contributed by atoms with E-state index in [0.29, 0.717) is 17.7 Å². The normalized spacial score (nSPS) is 20.1. The van der Waals surface area contributed by atoms with Gasteiger partial charge in [0.15, 0.2) is 0 Å². The molecule has 2 aromatic rings. The Morgan fingerprint density at radius 1 is 1.19 bits per heavy atom. The summed E-state index contributed by atoms with van der Waals surface area (Å²) >= 11 is 4.57. The van der Waals surface area contributed by atoms with Crippen LogP contribution in [0.3, 0.4) is 0 Å². The predicted octanol–water partition coefficient (Wildman–Crippen LogP) is 4.31. The third kappa shape index (κ3) is 5.98. The summed E-state index contributed by atoms with van der Waals surface area (Å²) in [4.78, 5) is 15.0. The van der Waals surface area contributed by atoms with Crippen LogP contribution in [0.1, 0.15) is 39.2 Å². The number of nitrogens with one attached hydrogen (secondary N) is 1. The van der Waals surface area contributed by atoms with Gasteiger partial charge in [0, 0.05) is 37.3 Å². The molecule has 2 atom stereocenters. The Morgan fingerprint density at radius 3 is 2.59 bits per heavy atom. The van der Waals surface area contributed by atoms with Crippen LogP contribution < -0.4 is 5.32 Å². The second-order valence-corrected chi connectivity index (χ2v) is 9.73. The van der Waals surface area contributed by atoms with Gasteiger partial charge in [0.2, 0.25) is 5.91 Å². The first kappa shape index (κ1) is 20.2. The molecule has 146 valence electrons. The largest absolute Gasteiger partial charge is 0.341 e. The number of hydrogen-bond donors (Lipinski definition) is 2. The number of amides is 1. The second kappa shape index (κ2) is 8.66. The van der Waals surface area contributed by atoms with Crippen LogP contribution in [0.15, 0.2) is 42.5 Å². The van der Waals surface area contributed by atoms with Crippen molar-refractivity contribution < 1.29 is 4.79 Å². The summed E-state index contributed by atoms with van der Waals surface area (Å²) in [6.07, 6.45) is 2.50. The first-order chi connectivity index (χ1) is 12.8. The molecule has 2 aromatic carbocycles. The number of rotatable bonds is 6. The SMILES string of the molecule is CC(C)(C)CC(=O)N(CCc1ccc2ccccc2c1)C[C@@H]1C[C@H](S)CN1. The summed E-state index contributed by atoms with van der Waals surface area (Å²) in [6.45, 7) is 8.86. The lowest BCUT2D eigenvalue weighted by Gasteiger charge is -2.29. The Bertz CT molecular complexity index is 783. The Labute approximate surface area is 168 Å². The van der Waals surface area contributed by atoms with Crippen molar-refractivity contribution in [2.45, 2.75) is 51.3 Å². The van der Waals surface area contributed by atoms with Crippen LogP contribution in [0.5, 0.6) is 0 Å². The van der Waals surface area contributed by atoms with Crippen molar-refractivity contribution in [3.8, 4) is 0 Å². The minimum atomic E-state index is 0.00741. The van der Waals surface area contributed by atoms with E-state index in [1.165, 1.54) is 16.3 Å². The minimum absolute atomic E-state index is 0.00741. The van der Waals surface area contributed by atoms with Gasteiger partial charge in [-0.2, -0.15) is 12.6 Å². The van der Waals surface area contributed by atoms with Crippen LogP contribution in [0, 0.1) is 5.41 Å². The maximum atomic E-state index is 12.9. The summed E-state index contributed by atoms with van der Waals surface area (Å²) in [5.74, 6) is 0.257. The highest BCUT2D eigenvalue weighted by Gasteiger charge is 2.27. The highest BCUT2D eigenvalue weighted by molar-refractivity contribution is 7.81. The van der Waals surface area contributed by atoms with Crippen molar-refractivity contribution in [1.82, 2.24) is 10.2 Å². The lowest BCUT2D eigenvalue weighted by Crippen LogP contribution is -2.43. The average molecular weight is 385 g/mol. The fourth-order valence-electron chi connectivity index (χ4n) is 3.74. The predicted molar refractivity (Wildman–Crippen MR) is 117 cm³/mol. The van der Waals surface area contributed by atoms with Crippen LogP contribution in [-0.4, -0.2) is 41.7 Å². The monoisotopic (exact) mass is 384 g/mol. The molecule has 0 radical (unpaired) electrons. The van der Waals surface area contributed by atoms with E-state index < -0.39 is 0 Å². The molecule has 0 spiro atoms. The molecule has 0 aliphatic carbocycles. The van der Waals surface area contributed by atoms with Gasteiger partial charge >= 0.3 is 0 Å². The van der Waals surface area contributed by atoms with Gasteiger partial charge in [-0.15, -0.1) is 0 Å². The maximum absolute atomic E-state index is 12.9. The number of nitrogens with zero attached hydrogens (tertiary/aromatic N) is 1. The highest BCUT2D eigenvalue weighted by atomic mass is 32.1. The summed E-state index contributed by atoms with van der Waals surface area (Å²) in [7, 11) is 0. The molecule has 0 bridgehead atoms. The Hall–Kier alpha value is -1.52. The van der Waals surface area contributed by atoms with Crippen LogP contribution in [0.2, 0.25) is 0 Å². The molecule has 0 aromatic heterocycles. The minimum Gasteiger partial charge on any atom is -0.341 e. The fraction of sp³-hybridized carbons (Fsp3) is 0.522. The average Bonchev–Trinajstić information content (AvgIpc) is 3.01. The van der Waals surface area contributed by atoms with Gasteiger partial charge in [-0.05, 0) is 34.6 Å². The first-order valence-electron chi connectivity index (χ1n) is 9.97. The maximum Gasteiger partial charge on any atom is 0.223 e. The van der Waals surface area contributed by atoms with Crippen LogP contribution in [0.25, 0.3) is 10.8 Å². The third-order valence-electron chi connectivity index (χ3n) is 5.16. The van der Waals surface area contributed by atoms with E-state index >= 15 is 0 Å². The molecule has 3 rings (SSSR count). The van der Waals surface area contributed by atoms with Crippen molar-refractivity contribution in [1.29, 1.82) is 0 Å². The highest BCUT2D eigenvalue weighted by Crippen LogP contribution is 2.22. The van der Waals surface area contributed by atoms with Crippen molar-refractivity contribution in [3.05, 3.63) is 48.0 Å². The number of thiol groups is 1. The number of carbonyl (C=O) groups excluding carboxylic acids is 1. The quantitative estimate of drug-likeness (QED) is 0.728. The van der Waals surface area contributed by atoms with Gasteiger partial charge in [-0.1, -0.05) is 63.2 Å². The third-order valence-corrected chi connectivity index (χ3v) is 5.55. The van der Waals surface area contributed by atoms with Gasteiger partial charge in [-0.3, -0.25) is 4.79 Å². The number of carbonyl (C=O) groups is 1. The topological polar surface area (TPSA) is 32.3 Å². The smallest absolute Gasteiger partial charge is 0.223 e. The lowest BCUT2D eigenvalue weighted by molar-refractivity contribution is -0.133. The summed E-state index contributed by atoms with van der Waals surface area (Å²) < 4.78 is 0. The van der Waals surface area contributed by atoms with Crippen molar-refractivity contribution in [2.24, 2.45) is 5.41 Å². The summed E-state index contributed by atoms with van der Waals surface area (Å²) in [5, 5.41) is 6.43. The van der Waals surface area contributed by atoms with E-state index in [2.05, 4.69) is 86.1 Å². The molecular weight excluding hydrogens is 352 g/mol. The standard InChI is InChI=1S/C23H32N2OS/c1-23(2,3)14-22(26)25(16-20-13-21(27)15-24-20)11-10-17-8-9-18-6-4-5-7-19(18)12-17/h4-9,12,20-21,24,27H,10-11,13-16H2,1-3H3/t20-,21-/m0/s1. The zero-order valence-corrected chi connectivity index (χ0v) is 17.6. The van der Waals surface area contributed by atoms with Crippen LogP contribution in [-0.2, 0) is 11.2 Å². The number of benzene rings is 2. The van der Waals surface area contributed by atoms with E-state index in [1.54, 1.807) is 0 Å². The molecule has 27 heavy (non-hydrogen) atoms. The molecule has 1 amide bonds. The van der Waals surface area contributed by atoms with Crippen LogP contribution >= 0.6 is 12.6 Å². The molecular formula is C23H32N2OS. The van der Waals surface area contributed by atoms with Gasteiger partial charge < -0.3 is 10.2 Å². The zero-order chi connectivity index (χ0) is 19.4. The van der Waals surface area contributed by atoms with Crippen molar-refractivity contribution in [3.63, 3.8) is 0 Å². The van der Waals surface area contributed by atoms with E-state index in [4.69, 9.17) is 0 Å². The van der Waals surface area contributed by atoms with E-state index in [-0.39, 0.29) is 11.3 Å². The molecule has 4 heteroatoms. The molecule has 3 nitrogen and oxygen atoms in total. The molecule has 0 unspecified atom stereocenters. The van der Waals surface area contributed by atoms with Gasteiger partial charge in [0.25, 0.3) is 0 Å². The van der Waals surface area contributed by atoms with Crippen molar-refractivity contribution in [2.75, 3.05) is 19.6 Å². The molecule has 1 aliphatic rings. The molecule has 1 heterocycles. The van der Waals surface area contributed by atoms with Crippen LogP contribution in [0.4, 0.5) is 0 Å². The Balaban J connectivity index is 1.68. The molecule has 1 fully saturated rings. The summed E-state index contributed by atoms with van der Waals surface area (Å²) in [5.41, 5.74) is 1.29. The molecule has 1 aliphatic heterocycles. The second-order valence-electron chi connectivity index (χ2n) is 9.00. The molecule has 1 N–H and O–H groups in total. The van der Waals surface area contributed by atoms with E-state index in [1.807, 2.05) is 0 Å². The lowest BCUT2D eigenvalue weighted by atomic mass is 9.91. The Kier molecular flexibility index (Phi) is 6.48. The fourth-order valence-corrected chi connectivity index (χ4v) is 4.10. The zero-order valence-electron chi connectivity index (χ0n) is 16.7. The summed E-state index contributed by atoms with van der Waals surface area (Å²) in [6, 6.07) is 15.4. The van der Waals surface area contributed by atoms with Crippen molar-refractivity contribution >= 4 is 29.3 Å².